The van der Waals surface area contributed by atoms with Gasteiger partial charge in [0.05, 0.1) is 11.1 Å². The Kier molecular flexibility index (Phi) is 6.16. The molecule has 0 fully saturated rings. The zero-order valence-electron chi connectivity index (χ0n) is 22.7. The molecule has 1 aliphatic carbocycles. The first-order chi connectivity index (χ1) is 21.2. The van der Waals surface area contributed by atoms with Gasteiger partial charge in [0, 0.05) is 36.3 Å². The Balaban J connectivity index is 1.33. The van der Waals surface area contributed by atoms with Gasteiger partial charge in [-0.25, -0.2) is 28.4 Å². The SMILES string of the molecule is Nc1ncccc1-c1nc2ccc(-n3cccn3)nc2n1-c1ccc2c(c1)CC(F)(F)[C@@H]2NC(=O)c1ccc(O)c(C=O)c1. The van der Waals surface area contributed by atoms with Crippen molar-refractivity contribution in [2.45, 2.75) is 18.4 Å². The van der Waals surface area contributed by atoms with E-state index >= 15 is 8.78 Å². The van der Waals surface area contributed by atoms with E-state index in [9.17, 15) is 14.7 Å². The van der Waals surface area contributed by atoms with Gasteiger partial charge in [-0.15, -0.1) is 0 Å². The predicted octanol–water partition coefficient (Wildman–Crippen LogP) is 4.43. The van der Waals surface area contributed by atoms with Gasteiger partial charge in [0.15, 0.2) is 23.6 Å². The summed E-state index contributed by atoms with van der Waals surface area (Å²) in [6.45, 7) is 0. The van der Waals surface area contributed by atoms with Crippen molar-refractivity contribution in [2.24, 2.45) is 0 Å². The molecule has 4 heterocycles. The number of imidazole rings is 1. The molecule has 2 aromatic carbocycles. The smallest absolute Gasteiger partial charge is 0.276 e. The zero-order valence-corrected chi connectivity index (χ0v) is 22.7. The van der Waals surface area contributed by atoms with Crippen LogP contribution in [0.1, 0.15) is 37.9 Å². The number of nitrogen functional groups attached to an aromatic ring is 1. The number of amides is 1. The first-order valence-corrected chi connectivity index (χ1v) is 13.4. The lowest BCUT2D eigenvalue weighted by Gasteiger charge is -2.21. The molecular weight excluding hydrogens is 570 g/mol. The number of fused-ring (bicyclic) bond motifs is 2. The average molecular weight is 593 g/mol. The maximum atomic E-state index is 15.4. The molecule has 0 bridgehead atoms. The number of nitrogens with two attached hydrogens (primary N) is 1. The number of anilines is 1. The summed E-state index contributed by atoms with van der Waals surface area (Å²) < 4.78 is 34.2. The van der Waals surface area contributed by atoms with E-state index in [1.807, 2.05) is 0 Å². The third-order valence-electron chi connectivity index (χ3n) is 7.54. The topological polar surface area (TPSA) is 154 Å². The van der Waals surface area contributed by atoms with Crippen LogP contribution in [0.4, 0.5) is 14.6 Å². The van der Waals surface area contributed by atoms with E-state index in [1.54, 1.807) is 76.4 Å². The lowest BCUT2D eigenvalue weighted by Crippen LogP contribution is -2.38. The molecule has 0 saturated carbocycles. The fraction of sp³-hybridized carbons (Fsp3) is 0.0968. The zero-order chi connectivity index (χ0) is 30.6. The molecule has 4 N–H and O–H groups in total. The molecule has 0 spiro atoms. The fourth-order valence-corrected chi connectivity index (χ4v) is 5.45. The molecule has 0 saturated heterocycles. The number of aromatic hydroxyl groups is 1. The van der Waals surface area contributed by atoms with Gasteiger partial charge in [-0.05, 0) is 71.8 Å². The minimum absolute atomic E-state index is 0.0339. The first kappa shape index (κ1) is 26.9. The molecule has 7 rings (SSSR count). The number of hydrogen-bond donors (Lipinski definition) is 3. The van der Waals surface area contributed by atoms with Crippen molar-refractivity contribution in [3.05, 3.63) is 108 Å². The van der Waals surface area contributed by atoms with Crippen molar-refractivity contribution in [2.75, 3.05) is 5.73 Å². The number of rotatable bonds is 6. The number of alkyl halides is 2. The van der Waals surface area contributed by atoms with Crippen LogP contribution in [-0.4, -0.2) is 52.5 Å². The summed E-state index contributed by atoms with van der Waals surface area (Å²) in [7, 11) is 0. The summed E-state index contributed by atoms with van der Waals surface area (Å²) in [5.41, 5.74) is 8.67. The molecule has 218 valence electrons. The summed E-state index contributed by atoms with van der Waals surface area (Å²) in [4.78, 5) is 37.9. The van der Waals surface area contributed by atoms with Crippen LogP contribution in [0, 0.1) is 0 Å². The maximum absolute atomic E-state index is 15.4. The van der Waals surface area contributed by atoms with Crippen LogP contribution in [0.5, 0.6) is 5.75 Å². The van der Waals surface area contributed by atoms with Gasteiger partial charge in [-0.2, -0.15) is 5.10 Å². The molecule has 6 aromatic rings. The molecule has 44 heavy (non-hydrogen) atoms. The Morgan fingerprint density at radius 1 is 1.07 bits per heavy atom. The van der Waals surface area contributed by atoms with Crippen LogP contribution in [0.15, 0.2) is 85.3 Å². The molecule has 11 nitrogen and oxygen atoms in total. The number of benzene rings is 2. The van der Waals surface area contributed by atoms with Crippen molar-refractivity contribution in [3.8, 4) is 28.6 Å². The molecule has 0 aliphatic heterocycles. The number of nitrogens with one attached hydrogen (secondary N) is 1. The number of hydrogen-bond acceptors (Lipinski definition) is 8. The molecule has 1 amide bonds. The number of nitrogens with zero attached hydrogens (tertiary/aromatic N) is 6. The number of aromatic nitrogens is 6. The number of phenolic OH excluding ortho intramolecular Hbond substituents is 1. The van der Waals surface area contributed by atoms with Crippen molar-refractivity contribution in [1.82, 2.24) is 34.6 Å². The summed E-state index contributed by atoms with van der Waals surface area (Å²) in [6, 6.07) is 15.6. The summed E-state index contributed by atoms with van der Waals surface area (Å²) in [6.07, 6.45) is 4.69. The van der Waals surface area contributed by atoms with Gasteiger partial charge < -0.3 is 16.2 Å². The highest BCUT2D eigenvalue weighted by atomic mass is 19.3. The van der Waals surface area contributed by atoms with E-state index in [-0.39, 0.29) is 28.3 Å². The number of halogens is 2. The van der Waals surface area contributed by atoms with Crippen LogP contribution in [0.25, 0.3) is 34.1 Å². The normalized spacial score (nSPS) is 15.3. The molecule has 1 atom stereocenters. The minimum Gasteiger partial charge on any atom is -0.507 e. The lowest BCUT2D eigenvalue weighted by atomic mass is 10.0. The number of pyridine rings is 2. The predicted molar refractivity (Wildman–Crippen MR) is 156 cm³/mol. The maximum Gasteiger partial charge on any atom is 0.276 e. The number of carbonyl (C=O) groups is 2. The van der Waals surface area contributed by atoms with Gasteiger partial charge in [0.25, 0.3) is 11.8 Å². The Labute approximate surface area is 247 Å². The van der Waals surface area contributed by atoms with Gasteiger partial charge in [-0.3, -0.25) is 14.2 Å². The number of carbonyl (C=O) groups excluding carboxylic acids is 2. The van der Waals surface area contributed by atoms with Crippen LogP contribution in [0.2, 0.25) is 0 Å². The Hall–Kier alpha value is -5.98. The van der Waals surface area contributed by atoms with Crippen LogP contribution < -0.4 is 11.1 Å². The van der Waals surface area contributed by atoms with E-state index in [4.69, 9.17) is 15.7 Å². The highest BCUT2D eigenvalue weighted by Gasteiger charge is 2.48. The minimum atomic E-state index is -3.31. The second kappa shape index (κ2) is 10.1. The monoisotopic (exact) mass is 592 g/mol. The van der Waals surface area contributed by atoms with Crippen LogP contribution in [-0.2, 0) is 6.42 Å². The van der Waals surface area contributed by atoms with E-state index in [0.717, 1.165) is 6.07 Å². The van der Waals surface area contributed by atoms with Crippen molar-refractivity contribution < 1.29 is 23.5 Å². The third kappa shape index (κ3) is 4.42. The van der Waals surface area contributed by atoms with Gasteiger partial charge in [0.1, 0.15) is 23.1 Å². The fourth-order valence-electron chi connectivity index (χ4n) is 5.45. The Morgan fingerprint density at radius 3 is 2.70 bits per heavy atom. The molecule has 1 aliphatic rings. The number of phenols is 1. The third-order valence-corrected chi connectivity index (χ3v) is 7.54. The van der Waals surface area contributed by atoms with E-state index < -0.39 is 24.3 Å². The summed E-state index contributed by atoms with van der Waals surface area (Å²) >= 11 is 0. The van der Waals surface area contributed by atoms with Gasteiger partial charge >= 0.3 is 0 Å². The van der Waals surface area contributed by atoms with E-state index in [0.29, 0.717) is 45.9 Å². The largest absolute Gasteiger partial charge is 0.507 e. The lowest BCUT2D eigenvalue weighted by molar-refractivity contribution is -0.0240. The molecule has 4 aromatic heterocycles. The van der Waals surface area contributed by atoms with E-state index in [2.05, 4.69) is 15.4 Å². The van der Waals surface area contributed by atoms with Crippen molar-refractivity contribution in [3.63, 3.8) is 0 Å². The van der Waals surface area contributed by atoms with Gasteiger partial charge in [-0.1, -0.05) is 6.07 Å². The quantitative estimate of drug-likeness (QED) is 0.240. The number of aldehydes is 1. The standard InChI is InChI=1S/C31H22F2N8O3/c32-31(33)15-18-14-20(5-6-21(18)26(31)39-30(44)17-4-8-24(43)19(13-17)16-42)41-28(22-3-1-10-35-27(22)34)37-23-7-9-25(38-29(23)41)40-12-2-11-36-40/h1-14,16,26,43H,15H2,(H2,34,35)(H,39,44)/t26-/m1/s1. The molecule has 0 radical (unpaired) electrons. The highest BCUT2D eigenvalue weighted by Crippen LogP contribution is 2.44. The summed E-state index contributed by atoms with van der Waals surface area (Å²) in [5, 5.41) is 16.4. The van der Waals surface area contributed by atoms with Crippen molar-refractivity contribution >= 4 is 29.2 Å². The molecule has 0 unspecified atom stereocenters. The second-order valence-electron chi connectivity index (χ2n) is 10.3. The Bertz CT molecular complexity index is 2090. The van der Waals surface area contributed by atoms with E-state index in [1.165, 1.54) is 12.1 Å². The average Bonchev–Trinajstić information content (AvgIpc) is 3.73. The van der Waals surface area contributed by atoms with Crippen LogP contribution in [0.3, 0.4) is 0 Å². The molecule has 13 heteroatoms. The first-order valence-electron chi connectivity index (χ1n) is 13.4. The van der Waals surface area contributed by atoms with Crippen LogP contribution >= 0.6 is 0 Å². The molecular formula is C31H22F2N8O3. The second-order valence-corrected chi connectivity index (χ2v) is 10.3. The van der Waals surface area contributed by atoms with Gasteiger partial charge in [0.2, 0.25) is 0 Å². The Morgan fingerprint density at radius 2 is 1.93 bits per heavy atom. The summed E-state index contributed by atoms with van der Waals surface area (Å²) in [5.74, 6) is -3.24. The highest BCUT2D eigenvalue weighted by molar-refractivity contribution is 5.97. The van der Waals surface area contributed by atoms with Crippen molar-refractivity contribution in [1.29, 1.82) is 0 Å².